The van der Waals surface area contributed by atoms with Gasteiger partial charge in [0.2, 0.25) is 5.91 Å². The van der Waals surface area contributed by atoms with Crippen molar-refractivity contribution in [3.8, 4) is 10.6 Å². The Morgan fingerprint density at radius 3 is 2.82 bits per heavy atom. The van der Waals surface area contributed by atoms with Gasteiger partial charge in [-0.15, -0.1) is 11.3 Å². The second kappa shape index (κ2) is 8.53. The minimum atomic E-state index is -0.677. The van der Waals surface area contributed by atoms with Gasteiger partial charge >= 0.3 is 5.69 Å². The minimum absolute atomic E-state index is 0.00436. The number of unbranched alkanes of at least 4 members (excludes halogenated alkanes) is 1. The van der Waals surface area contributed by atoms with Crippen LogP contribution in [0.3, 0.4) is 0 Å². The second-order valence-electron chi connectivity index (χ2n) is 6.28. The highest BCUT2D eigenvalue weighted by Crippen LogP contribution is 2.26. The summed E-state index contributed by atoms with van der Waals surface area (Å²) in [6.45, 7) is 2.37. The molecule has 3 aromatic heterocycles. The number of anilines is 2. The molecule has 1 amide bonds. The third-order valence-corrected chi connectivity index (χ3v) is 5.93. The lowest BCUT2D eigenvalue weighted by atomic mass is 10.2. The van der Waals surface area contributed by atoms with Crippen LogP contribution in [0.15, 0.2) is 31.8 Å². The summed E-state index contributed by atoms with van der Waals surface area (Å²) in [6.07, 6.45) is 1.63. The van der Waals surface area contributed by atoms with Gasteiger partial charge in [-0.05, 0) is 17.9 Å². The van der Waals surface area contributed by atoms with Gasteiger partial charge in [0.15, 0.2) is 5.69 Å². The van der Waals surface area contributed by atoms with E-state index in [0.717, 1.165) is 23.4 Å². The predicted octanol–water partition coefficient (Wildman–Crippen LogP) is 2.31. The normalized spacial score (nSPS) is 10.9. The molecule has 3 N–H and O–H groups in total. The summed E-state index contributed by atoms with van der Waals surface area (Å²) in [4.78, 5) is 45.0. The molecule has 0 unspecified atom stereocenters. The summed E-state index contributed by atoms with van der Waals surface area (Å²) < 4.78 is 1.29. The summed E-state index contributed by atoms with van der Waals surface area (Å²) in [7, 11) is 1.48. The van der Waals surface area contributed by atoms with Crippen LogP contribution in [0.5, 0.6) is 0 Å². The number of H-pyrrole nitrogens is 1. The number of rotatable bonds is 7. The van der Waals surface area contributed by atoms with Gasteiger partial charge in [-0.2, -0.15) is 11.3 Å². The number of nitrogens with zero attached hydrogens (tertiary/aromatic N) is 3. The maximum atomic E-state index is 12.7. The van der Waals surface area contributed by atoms with E-state index >= 15 is 0 Å². The minimum Gasteiger partial charge on any atom is -0.383 e. The Morgan fingerprint density at radius 1 is 1.36 bits per heavy atom. The highest BCUT2D eigenvalue weighted by molar-refractivity contribution is 7.14. The van der Waals surface area contributed by atoms with Crippen LogP contribution in [0.4, 0.5) is 11.5 Å². The zero-order valence-corrected chi connectivity index (χ0v) is 17.2. The van der Waals surface area contributed by atoms with Crippen LogP contribution in [0.25, 0.3) is 10.6 Å². The van der Waals surface area contributed by atoms with Crippen molar-refractivity contribution in [2.45, 2.75) is 32.7 Å². The first-order valence-electron chi connectivity index (χ1n) is 8.78. The molecule has 0 fully saturated rings. The number of thiophene rings is 1. The van der Waals surface area contributed by atoms with E-state index < -0.39 is 11.2 Å². The maximum Gasteiger partial charge on any atom is 0.330 e. The fraction of sp³-hybridized carbons (Fsp3) is 0.333. The Hall–Kier alpha value is -2.72. The molecule has 0 aliphatic heterocycles. The molecule has 10 heteroatoms. The number of nitrogens with two attached hydrogens (primary N) is 1. The fourth-order valence-corrected chi connectivity index (χ4v) is 4.28. The maximum absolute atomic E-state index is 12.7. The quantitative estimate of drug-likeness (QED) is 0.610. The van der Waals surface area contributed by atoms with Crippen LogP contribution < -0.4 is 21.9 Å². The van der Waals surface area contributed by atoms with Crippen LogP contribution >= 0.6 is 22.7 Å². The van der Waals surface area contributed by atoms with Crippen LogP contribution in [0.2, 0.25) is 0 Å². The molecule has 0 aromatic carbocycles. The second-order valence-corrected chi connectivity index (χ2v) is 7.92. The van der Waals surface area contributed by atoms with Crippen LogP contribution in [-0.2, 0) is 17.8 Å². The molecule has 0 radical (unpaired) electrons. The number of thiazole rings is 1. The molecule has 3 aromatic rings. The van der Waals surface area contributed by atoms with Crippen molar-refractivity contribution < 1.29 is 4.79 Å². The molecular weight excluding hydrogens is 398 g/mol. The van der Waals surface area contributed by atoms with Crippen molar-refractivity contribution in [2.24, 2.45) is 0 Å². The van der Waals surface area contributed by atoms with Gasteiger partial charge in [0.05, 0.1) is 12.1 Å². The Balaban J connectivity index is 1.83. The molecule has 0 spiro atoms. The Morgan fingerprint density at radius 2 is 2.14 bits per heavy atom. The molecule has 3 rings (SSSR count). The van der Waals surface area contributed by atoms with E-state index in [1.807, 2.05) is 29.1 Å². The number of likely N-dealkylation sites (N-methyl/N-ethyl adjacent to an activating group) is 1. The molecule has 0 aliphatic rings. The van der Waals surface area contributed by atoms with Gasteiger partial charge in [0.1, 0.15) is 10.8 Å². The van der Waals surface area contributed by atoms with E-state index in [1.54, 1.807) is 11.3 Å². The first-order chi connectivity index (χ1) is 13.4. The highest BCUT2D eigenvalue weighted by Gasteiger charge is 2.21. The fourth-order valence-electron chi connectivity index (χ4n) is 2.74. The lowest BCUT2D eigenvalue weighted by Gasteiger charge is -2.20. The molecule has 28 heavy (non-hydrogen) atoms. The van der Waals surface area contributed by atoms with Crippen LogP contribution in [0.1, 0.15) is 25.5 Å². The molecule has 0 aliphatic carbocycles. The number of hydrogen-bond donors (Lipinski definition) is 2. The standard InChI is InChI=1S/C18H21N5O3S2/c1-3-4-6-23-15(19)14(16(25)21-18(23)26)22(2)13(24)8-12-10-28-17(20-12)11-5-7-27-9-11/h5,7,9-10H,3-4,6,8,19H2,1-2H3,(H,21,25,26). The van der Waals surface area contributed by atoms with Crippen molar-refractivity contribution >= 4 is 40.1 Å². The summed E-state index contributed by atoms with van der Waals surface area (Å²) in [5, 5.41) is 6.64. The number of carbonyl (C=O) groups excluding carboxylic acids is 1. The zero-order chi connectivity index (χ0) is 20.3. The van der Waals surface area contributed by atoms with Gasteiger partial charge in [-0.1, -0.05) is 13.3 Å². The van der Waals surface area contributed by atoms with Gasteiger partial charge < -0.3 is 10.6 Å². The Bertz CT molecular complexity index is 1080. The van der Waals surface area contributed by atoms with E-state index in [9.17, 15) is 14.4 Å². The van der Waals surface area contributed by atoms with E-state index in [2.05, 4.69) is 9.97 Å². The van der Waals surface area contributed by atoms with E-state index in [4.69, 9.17) is 5.73 Å². The van der Waals surface area contributed by atoms with E-state index in [-0.39, 0.29) is 23.8 Å². The number of amides is 1. The lowest BCUT2D eigenvalue weighted by molar-refractivity contribution is -0.117. The Kier molecular flexibility index (Phi) is 6.10. The first kappa shape index (κ1) is 20.0. The molecule has 0 saturated carbocycles. The average Bonchev–Trinajstić information content (AvgIpc) is 3.32. The number of nitrogen functional groups attached to an aromatic ring is 1. The van der Waals surface area contributed by atoms with E-state index in [0.29, 0.717) is 12.2 Å². The topological polar surface area (TPSA) is 114 Å². The number of aromatic amines is 1. The Labute approximate surface area is 169 Å². The molecule has 0 atom stereocenters. The SMILES string of the molecule is CCCCn1c(N)c(N(C)C(=O)Cc2csc(-c3ccsc3)n2)c(=O)[nH]c1=O. The van der Waals surface area contributed by atoms with Gasteiger partial charge in [-0.25, -0.2) is 9.78 Å². The monoisotopic (exact) mass is 419 g/mol. The zero-order valence-electron chi connectivity index (χ0n) is 15.6. The highest BCUT2D eigenvalue weighted by atomic mass is 32.1. The first-order valence-corrected chi connectivity index (χ1v) is 10.6. The van der Waals surface area contributed by atoms with Crippen molar-refractivity contribution in [1.29, 1.82) is 0 Å². The van der Waals surface area contributed by atoms with Crippen LogP contribution in [-0.4, -0.2) is 27.5 Å². The third-order valence-electron chi connectivity index (χ3n) is 4.31. The predicted molar refractivity (Wildman–Crippen MR) is 113 cm³/mol. The summed E-state index contributed by atoms with van der Waals surface area (Å²) in [6, 6.07) is 1.97. The summed E-state index contributed by atoms with van der Waals surface area (Å²) in [5.74, 6) is -0.338. The molecule has 3 heterocycles. The number of aromatic nitrogens is 3. The molecular formula is C18H21N5O3S2. The van der Waals surface area contributed by atoms with Crippen LogP contribution in [0, 0.1) is 0 Å². The smallest absolute Gasteiger partial charge is 0.330 e. The van der Waals surface area contributed by atoms with Crippen molar-refractivity contribution in [3.63, 3.8) is 0 Å². The average molecular weight is 420 g/mol. The molecule has 0 saturated heterocycles. The van der Waals surface area contributed by atoms with Crippen molar-refractivity contribution in [2.75, 3.05) is 17.7 Å². The largest absolute Gasteiger partial charge is 0.383 e. The number of nitrogens with one attached hydrogen (secondary N) is 1. The number of carbonyl (C=O) groups is 1. The van der Waals surface area contributed by atoms with E-state index in [1.165, 1.54) is 27.9 Å². The van der Waals surface area contributed by atoms with Gasteiger partial charge in [0.25, 0.3) is 5.56 Å². The van der Waals surface area contributed by atoms with Crippen molar-refractivity contribution in [3.05, 3.63) is 48.7 Å². The summed E-state index contributed by atoms with van der Waals surface area (Å²) >= 11 is 3.05. The summed E-state index contributed by atoms with van der Waals surface area (Å²) in [5.41, 5.74) is 6.44. The molecule has 148 valence electrons. The number of hydrogen-bond acceptors (Lipinski definition) is 7. The molecule has 8 nitrogen and oxygen atoms in total. The molecule has 0 bridgehead atoms. The third kappa shape index (κ3) is 4.07. The van der Waals surface area contributed by atoms with Crippen molar-refractivity contribution in [1.82, 2.24) is 14.5 Å². The lowest BCUT2D eigenvalue weighted by Crippen LogP contribution is -2.39. The van der Waals surface area contributed by atoms with Gasteiger partial charge in [-0.3, -0.25) is 19.1 Å². The van der Waals surface area contributed by atoms with Gasteiger partial charge in [0, 0.05) is 29.9 Å².